The molecule has 0 aliphatic carbocycles. The zero-order chi connectivity index (χ0) is 14.5. The minimum absolute atomic E-state index is 0.0749. The van der Waals surface area contributed by atoms with Gasteiger partial charge >= 0.3 is 6.09 Å². The van der Waals surface area contributed by atoms with Gasteiger partial charge in [0.05, 0.1) is 12.2 Å². The highest BCUT2D eigenvalue weighted by Crippen LogP contribution is 2.27. The average molecular weight is 290 g/mol. The molecule has 0 aromatic heterocycles. The SMILES string of the molecule is O=C(OCc1ccccc1)N1CCC2(CC1)CNCCO2. The average Bonchev–Trinajstić information content (AvgIpc) is 2.55. The lowest BCUT2D eigenvalue weighted by molar-refractivity contribution is -0.0973. The number of hydrogen-bond acceptors (Lipinski definition) is 4. The first-order valence-electron chi connectivity index (χ1n) is 7.58. The smallest absolute Gasteiger partial charge is 0.410 e. The minimum Gasteiger partial charge on any atom is -0.445 e. The third kappa shape index (κ3) is 3.54. The molecule has 2 heterocycles. The Labute approximate surface area is 125 Å². The summed E-state index contributed by atoms with van der Waals surface area (Å²) in [6.45, 7) is 4.31. The number of carbonyl (C=O) groups excluding carboxylic acids is 1. The minimum atomic E-state index is -0.225. The summed E-state index contributed by atoms with van der Waals surface area (Å²) in [5, 5.41) is 3.38. The monoisotopic (exact) mass is 290 g/mol. The van der Waals surface area contributed by atoms with Crippen LogP contribution in [0.3, 0.4) is 0 Å². The molecule has 2 fully saturated rings. The van der Waals surface area contributed by atoms with Crippen LogP contribution < -0.4 is 5.32 Å². The zero-order valence-electron chi connectivity index (χ0n) is 12.2. The summed E-state index contributed by atoms with van der Waals surface area (Å²) in [6, 6.07) is 9.76. The highest BCUT2D eigenvalue weighted by atomic mass is 16.6. The van der Waals surface area contributed by atoms with Crippen molar-refractivity contribution >= 4 is 6.09 Å². The van der Waals surface area contributed by atoms with Crippen molar-refractivity contribution in [3.8, 4) is 0 Å². The quantitative estimate of drug-likeness (QED) is 0.902. The van der Waals surface area contributed by atoms with Gasteiger partial charge in [-0.1, -0.05) is 30.3 Å². The fraction of sp³-hybridized carbons (Fsp3) is 0.562. The summed E-state index contributed by atoms with van der Waals surface area (Å²) in [7, 11) is 0. The molecule has 1 spiro atoms. The summed E-state index contributed by atoms with van der Waals surface area (Å²) >= 11 is 0. The number of morpholine rings is 1. The van der Waals surface area contributed by atoms with Gasteiger partial charge in [-0.2, -0.15) is 0 Å². The van der Waals surface area contributed by atoms with Crippen molar-refractivity contribution in [1.82, 2.24) is 10.2 Å². The van der Waals surface area contributed by atoms with Crippen molar-refractivity contribution in [2.24, 2.45) is 0 Å². The maximum atomic E-state index is 12.1. The molecule has 1 amide bonds. The van der Waals surface area contributed by atoms with Crippen molar-refractivity contribution in [3.05, 3.63) is 35.9 Å². The Hall–Kier alpha value is -1.59. The van der Waals surface area contributed by atoms with E-state index in [9.17, 15) is 4.79 Å². The van der Waals surface area contributed by atoms with Gasteiger partial charge in [0.2, 0.25) is 0 Å². The Balaban J connectivity index is 1.46. The Bertz CT molecular complexity index is 462. The van der Waals surface area contributed by atoms with Crippen molar-refractivity contribution in [3.63, 3.8) is 0 Å². The van der Waals surface area contributed by atoms with Crippen LogP contribution in [-0.2, 0) is 16.1 Å². The predicted octanol–water partition coefficient (Wildman–Crippen LogP) is 1.78. The normalized spacial score (nSPS) is 21.2. The standard InChI is InChI=1S/C16H22N2O3/c19-15(20-12-14-4-2-1-3-5-14)18-9-6-16(7-10-18)13-17-8-11-21-16/h1-5,17H,6-13H2. The van der Waals surface area contributed by atoms with E-state index in [4.69, 9.17) is 9.47 Å². The zero-order valence-corrected chi connectivity index (χ0v) is 12.2. The van der Waals surface area contributed by atoms with Crippen LogP contribution in [0, 0.1) is 0 Å². The van der Waals surface area contributed by atoms with Crippen LogP contribution in [0.2, 0.25) is 0 Å². The third-order valence-electron chi connectivity index (χ3n) is 4.27. The third-order valence-corrected chi connectivity index (χ3v) is 4.27. The molecule has 5 nitrogen and oxygen atoms in total. The fourth-order valence-electron chi connectivity index (χ4n) is 2.94. The molecule has 5 heteroatoms. The number of amides is 1. The van der Waals surface area contributed by atoms with Crippen LogP contribution in [0.25, 0.3) is 0 Å². The van der Waals surface area contributed by atoms with E-state index in [1.165, 1.54) is 0 Å². The molecule has 2 aliphatic rings. The van der Waals surface area contributed by atoms with Gasteiger partial charge in [0, 0.05) is 26.2 Å². The summed E-state index contributed by atoms with van der Waals surface area (Å²) in [6.07, 6.45) is 1.53. The maximum Gasteiger partial charge on any atom is 0.410 e. The van der Waals surface area contributed by atoms with E-state index in [0.29, 0.717) is 19.7 Å². The molecule has 2 aliphatic heterocycles. The number of hydrogen-bond donors (Lipinski definition) is 1. The van der Waals surface area contributed by atoms with Crippen LogP contribution in [0.4, 0.5) is 4.79 Å². The number of nitrogens with one attached hydrogen (secondary N) is 1. The Morgan fingerprint density at radius 3 is 2.71 bits per heavy atom. The first-order valence-corrected chi connectivity index (χ1v) is 7.58. The number of likely N-dealkylation sites (tertiary alicyclic amines) is 1. The molecule has 3 rings (SSSR count). The molecular formula is C16H22N2O3. The predicted molar refractivity (Wildman–Crippen MR) is 79.0 cm³/mol. The summed E-state index contributed by atoms with van der Waals surface area (Å²) in [5.41, 5.74) is 0.938. The number of rotatable bonds is 2. The van der Waals surface area contributed by atoms with Crippen molar-refractivity contribution in [2.45, 2.75) is 25.0 Å². The van der Waals surface area contributed by atoms with Crippen molar-refractivity contribution in [1.29, 1.82) is 0 Å². The van der Waals surface area contributed by atoms with E-state index in [-0.39, 0.29) is 11.7 Å². The largest absolute Gasteiger partial charge is 0.445 e. The van der Waals surface area contributed by atoms with E-state index in [1.807, 2.05) is 30.3 Å². The highest BCUT2D eigenvalue weighted by molar-refractivity contribution is 5.67. The van der Waals surface area contributed by atoms with E-state index >= 15 is 0 Å². The van der Waals surface area contributed by atoms with E-state index < -0.39 is 0 Å². The van der Waals surface area contributed by atoms with Crippen LogP contribution in [0.1, 0.15) is 18.4 Å². The highest BCUT2D eigenvalue weighted by Gasteiger charge is 2.38. The second-order valence-electron chi connectivity index (χ2n) is 5.74. The molecule has 0 unspecified atom stereocenters. The van der Waals surface area contributed by atoms with Gasteiger partial charge in [-0.3, -0.25) is 0 Å². The maximum absolute atomic E-state index is 12.1. The number of benzene rings is 1. The lowest BCUT2D eigenvalue weighted by Gasteiger charge is -2.43. The number of nitrogens with zero attached hydrogens (tertiary/aromatic N) is 1. The van der Waals surface area contributed by atoms with E-state index in [0.717, 1.165) is 38.1 Å². The molecule has 1 aromatic rings. The van der Waals surface area contributed by atoms with Crippen LogP contribution in [0.15, 0.2) is 30.3 Å². The van der Waals surface area contributed by atoms with Gasteiger partial charge in [-0.15, -0.1) is 0 Å². The van der Waals surface area contributed by atoms with Gasteiger partial charge < -0.3 is 19.7 Å². The Morgan fingerprint density at radius 1 is 1.29 bits per heavy atom. The van der Waals surface area contributed by atoms with Gasteiger partial charge in [-0.05, 0) is 18.4 Å². The van der Waals surface area contributed by atoms with E-state index in [1.54, 1.807) is 4.90 Å². The molecule has 0 radical (unpaired) electrons. The fourth-order valence-corrected chi connectivity index (χ4v) is 2.94. The van der Waals surface area contributed by atoms with Crippen molar-refractivity contribution in [2.75, 3.05) is 32.8 Å². The molecule has 0 bridgehead atoms. The van der Waals surface area contributed by atoms with Crippen LogP contribution in [0.5, 0.6) is 0 Å². The van der Waals surface area contributed by atoms with E-state index in [2.05, 4.69) is 5.32 Å². The molecule has 2 saturated heterocycles. The van der Waals surface area contributed by atoms with Crippen molar-refractivity contribution < 1.29 is 14.3 Å². The molecule has 0 saturated carbocycles. The topological polar surface area (TPSA) is 50.8 Å². The molecule has 1 aromatic carbocycles. The first-order chi connectivity index (χ1) is 10.3. The second-order valence-corrected chi connectivity index (χ2v) is 5.74. The molecule has 1 N–H and O–H groups in total. The Morgan fingerprint density at radius 2 is 2.05 bits per heavy atom. The molecule has 0 atom stereocenters. The van der Waals surface area contributed by atoms with Crippen LogP contribution in [-0.4, -0.2) is 49.4 Å². The first kappa shape index (κ1) is 14.4. The molecule has 114 valence electrons. The van der Waals surface area contributed by atoms with Gasteiger partial charge in [-0.25, -0.2) is 4.79 Å². The lowest BCUT2D eigenvalue weighted by Crippen LogP contribution is -2.56. The van der Waals surface area contributed by atoms with Gasteiger partial charge in [0.25, 0.3) is 0 Å². The summed E-state index contributed by atoms with van der Waals surface area (Å²) in [5.74, 6) is 0. The molecular weight excluding hydrogens is 268 g/mol. The number of ether oxygens (including phenoxy) is 2. The van der Waals surface area contributed by atoms with Gasteiger partial charge in [0.1, 0.15) is 6.61 Å². The molecule has 21 heavy (non-hydrogen) atoms. The number of piperidine rings is 1. The summed E-state index contributed by atoms with van der Waals surface area (Å²) in [4.78, 5) is 13.9. The number of carbonyl (C=O) groups is 1. The van der Waals surface area contributed by atoms with Gasteiger partial charge in [0.15, 0.2) is 0 Å². The Kier molecular flexibility index (Phi) is 4.41. The van der Waals surface area contributed by atoms with Crippen LogP contribution >= 0.6 is 0 Å². The second kappa shape index (κ2) is 6.45. The summed E-state index contributed by atoms with van der Waals surface area (Å²) < 4.78 is 11.3. The lowest BCUT2D eigenvalue weighted by atomic mass is 9.90.